The molecule has 0 atom stereocenters. The number of hydrogen-bond acceptors (Lipinski definition) is 4. The minimum absolute atomic E-state index is 0.211. The molecular weight excluding hydrogens is 210 g/mol. The van der Waals surface area contributed by atoms with Crippen LogP contribution in [-0.2, 0) is 0 Å². The molecule has 0 aliphatic rings. The second-order valence-electron chi connectivity index (χ2n) is 3.26. The van der Waals surface area contributed by atoms with Crippen LogP contribution in [0.4, 0.5) is 0 Å². The van der Waals surface area contributed by atoms with E-state index in [1.54, 1.807) is 13.8 Å². The van der Waals surface area contributed by atoms with Crippen LogP contribution in [0.5, 0.6) is 0 Å². The number of carbonyl (C=O) groups excluding carboxylic acids is 1. The summed E-state index contributed by atoms with van der Waals surface area (Å²) in [6, 6.07) is 0. The molecule has 0 spiro atoms. The summed E-state index contributed by atoms with van der Waals surface area (Å²) >= 11 is 0. The zero-order valence-electron chi connectivity index (χ0n) is 9.23. The van der Waals surface area contributed by atoms with Crippen molar-refractivity contribution in [2.24, 2.45) is 5.11 Å². The van der Waals surface area contributed by atoms with Crippen molar-refractivity contribution < 1.29 is 9.32 Å². The first-order valence-corrected chi connectivity index (χ1v) is 4.88. The first-order valence-electron chi connectivity index (χ1n) is 4.88. The number of aryl methyl sites for hydroxylation is 2. The van der Waals surface area contributed by atoms with Crippen molar-refractivity contribution in [2.45, 2.75) is 20.3 Å². The Bertz CT molecular complexity index is 400. The SMILES string of the molecule is Cc1noc(C)c1C(=O)NCCCN=[N+]=[N-]. The molecule has 1 N–H and O–H groups in total. The molecule has 0 aromatic carbocycles. The maximum atomic E-state index is 11.7. The standard InChI is InChI=1S/C9H13N5O2/c1-6-8(7(2)16-13-6)9(15)11-4-3-5-12-14-10/h3-5H2,1-2H3,(H,11,15). The Hall–Kier alpha value is -2.01. The minimum Gasteiger partial charge on any atom is -0.361 e. The Kier molecular flexibility index (Phi) is 4.35. The van der Waals surface area contributed by atoms with Gasteiger partial charge in [0, 0.05) is 18.0 Å². The molecule has 0 aliphatic carbocycles. The predicted octanol–water partition coefficient (Wildman–Crippen LogP) is 1.72. The van der Waals surface area contributed by atoms with Gasteiger partial charge in [-0.3, -0.25) is 4.79 Å². The zero-order chi connectivity index (χ0) is 12.0. The lowest BCUT2D eigenvalue weighted by atomic mass is 10.2. The Morgan fingerprint density at radius 3 is 2.94 bits per heavy atom. The topological polar surface area (TPSA) is 104 Å². The van der Waals surface area contributed by atoms with Crippen LogP contribution in [-0.4, -0.2) is 24.2 Å². The molecule has 1 aromatic rings. The number of amides is 1. The molecule has 1 heterocycles. The van der Waals surface area contributed by atoms with Crippen molar-refractivity contribution in [3.8, 4) is 0 Å². The third-order valence-corrected chi connectivity index (χ3v) is 2.04. The molecular formula is C9H13N5O2. The fraction of sp³-hybridized carbons (Fsp3) is 0.556. The van der Waals surface area contributed by atoms with Crippen molar-refractivity contribution in [1.82, 2.24) is 10.5 Å². The molecule has 0 saturated carbocycles. The summed E-state index contributed by atoms with van der Waals surface area (Å²) in [7, 11) is 0. The average molecular weight is 223 g/mol. The fourth-order valence-corrected chi connectivity index (χ4v) is 1.29. The van der Waals surface area contributed by atoms with Crippen molar-refractivity contribution >= 4 is 5.91 Å². The van der Waals surface area contributed by atoms with Crippen LogP contribution in [0.25, 0.3) is 10.4 Å². The molecule has 0 radical (unpaired) electrons. The monoisotopic (exact) mass is 223 g/mol. The van der Waals surface area contributed by atoms with E-state index in [1.165, 1.54) is 0 Å². The summed E-state index contributed by atoms with van der Waals surface area (Å²) < 4.78 is 4.88. The van der Waals surface area contributed by atoms with E-state index >= 15 is 0 Å². The molecule has 0 bridgehead atoms. The first kappa shape index (κ1) is 12.1. The third kappa shape index (κ3) is 2.99. The lowest BCUT2D eigenvalue weighted by molar-refractivity contribution is 0.0951. The van der Waals surface area contributed by atoms with Gasteiger partial charge >= 0.3 is 0 Å². The van der Waals surface area contributed by atoms with E-state index in [-0.39, 0.29) is 5.91 Å². The Labute approximate surface area is 92.4 Å². The van der Waals surface area contributed by atoms with Gasteiger partial charge in [0.2, 0.25) is 0 Å². The largest absolute Gasteiger partial charge is 0.361 e. The summed E-state index contributed by atoms with van der Waals surface area (Å²) in [5.41, 5.74) is 9.10. The summed E-state index contributed by atoms with van der Waals surface area (Å²) in [6.45, 7) is 4.24. The van der Waals surface area contributed by atoms with Crippen molar-refractivity contribution in [1.29, 1.82) is 0 Å². The molecule has 7 nitrogen and oxygen atoms in total. The van der Waals surface area contributed by atoms with Gasteiger partial charge in [-0.15, -0.1) is 0 Å². The molecule has 16 heavy (non-hydrogen) atoms. The van der Waals surface area contributed by atoms with Gasteiger partial charge in [-0.05, 0) is 25.8 Å². The van der Waals surface area contributed by atoms with Crippen LogP contribution in [0.15, 0.2) is 9.64 Å². The van der Waals surface area contributed by atoms with Crippen LogP contribution in [0.2, 0.25) is 0 Å². The minimum atomic E-state index is -0.211. The first-order chi connectivity index (χ1) is 7.66. The number of azide groups is 1. The molecule has 1 aromatic heterocycles. The summed E-state index contributed by atoms with van der Waals surface area (Å²) in [5, 5.41) is 9.76. The summed E-state index contributed by atoms with van der Waals surface area (Å²) in [6.07, 6.45) is 0.610. The average Bonchev–Trinajstić information content (AvgIpc) is 2.58. The molecule has 86 valence electrons. The second kappa shape index (κ2) is 5.77. The Balaban J connectivity index is 2.44. The number of carbonyl (C=O) groups is 1. The molecule has 0 saturated heterocycles. The fourth-order valence-electron chi connectivity index (χ4n) is 1.29. The van der Waals surface area contributed by atoms with Crippen LogP contribution >= 0.6 is 0 Å². The van der Waals surface area contributed by atoms with Gasteiger partial charge in [0.1, 0.15) is 11.3 Å². The van der Waals surface area contributed by atoms with Gasteiger partial charge in [-0.1, -0.05) is 10.3 Å². The van der Waals surface area contributed by atoms with E-state index in [9.17, 15) is 4.79 Å². The smallest absolute Gasteiger partial charge is 0.256 e. The van der Waals surface area contributed by atoms with Gasteiger partial charge in [-0.25, -0.2) is 0 Å². The molecule has 0 unspecified atom stereocenters. The Morgan fingerprint density at radius 2 is 2.38 bits per heavy atom. The zero-order valence-corrected chi connectivity index (χ0v) is 9.23. The molecule has 1 rings (SSSR count). The number of hydrogen-bond donors (Lipinski definition) is 1. The van der Waals surface area contributed by atoms with E-state index < -0.39 is 0 Å². The van der Waals surface area contributed by atoms with E-state index in [2.05, 4.69) is 20.5 Å². The van der Waals surface area contributed by atoms with Crippen LogP contribution in [0.1, 0.15) is 28.2 Å². The van der Waals surface area contributed by atoms with Gasteiger partial charge in [0.05, 0.1) is 5.69 Å². The van der Waals surface area contributed by atoms with Gasteiger partial charge in [0.25, 0.3) is 5.91 Å². The van der Waals surface area contributed by atoms with Crippen LogP contribution in [0, 0.1) is 13.8 Å². The van der Waals surface area contributed by atoms with Crippen molar-refractivity contribution in [3.63, 3.8) is 0 Å². The highest BCUT2D eigenvalue weighted by atomic mass is 16.5. The predicted molar refractivity (Wildman–Crippen MR) is 56.9 cm³/mol. The van der Waals surface area contributed by atoms with Gasteiger partial charge in [0.15, 0.2) is 0 Å². The summed E-state index contributed by atoms with van der Waals surface area (Å²) in [5.74, 6) is 0.294. The number of nitrogens with zero attached hydrogens (tertiary/aromatic N) is 4. The van der Waals surface area contributed by atoms with Crippen LogP contribution in [0.3, 0.4) is 0 Å². The quantitative estimate of drug-likeness (QED) is 0.355. The second-order valence-corrected chi connectivity index (χ2v) is 3.26. The number of aromatic nitrogens is 1. The lowest BCUT2D eigenvalue weighted by Crippen LogP contribution is -2.25. The highest BCUT2D eigenvalue weighted by Gasteiger charge is 2.16. The summed E-state index contributed by atoms with van der Waals surface area (Å²) in [4.78, 5) is 14.3. The molecule has 0 fully saturated rings. The number of rotatable bonds is 5. The van der Waals surface area contributed by atoms with Crippen molar-refractivity contribution in [2.75, 3.05) is 13.1 Å². The Morgan fingerprint density at radius 1 is 1.62 bits per heavy atom. The van der Waals surface area contributed by atoms with E-state index in [0.717, 1.165) is 0 Å². The molecule has 7 heteroatoms. The lowest BCUT2D eigenvalue weighted by Gasteiger charge is -2.02. The number of nitrogens with one attached hydrogen (secondary N) is 1. The normalized spacial score (nSPS) is 9.62. The van der Waals surface area contributed by atoms with Crippen molar-refractivity contribution in [3.05, 3.63) is 27.5 Å². The maximum Gasteiger partial charge on any atom is 0.256 e. The molecule has 1 amide bonds. The van der Waals surface area contributed by atoms with Gasteiger partial charge < -0.3 is 9.84 Å². The van der Waals surface area contributed by atoms with E-state index in [0.29, 0.717) is 36.5 Å². The highest BCUT2D eigenvalue weighted by molar-refractivity contribution is 5.96. The maximum absolute atomic E-state index is 11.7. The third-order valence-electron chi connectivity index (χ3n) is 2.04. The molecule has 0 aliphatic heterocycles. The van der Waals surface area contributed by atoms with Gasteiger partial charge in [-0.2, -0.15) is 0 Å². The van der Waals surface area contributed by atoms with E-state index in [1.807, 2.05) is 0 Å². The van der Waals surface area contributed by atoms with Crippen LogP contribution < -0.4 is 5.32 Å². The van der Waals surface area contributed by atoms with E-state index in [4.69, 9.17) is 10.1 Å². The highest BCUT2D eigenvalue weighted by Crippen LogP contribution is 2.11.